The first-order valence-electron chi connectivity index (χ1n) is 6.15. The minimum absolute atomic E-state index is 0.0423. The lowest BCUT2D eigenvalue weighted by molar-refractivity contribution is 0.102. The Kier molecular flexibility index (Phi) is 3.20. The van der Waals surface area contributed by atoms with Gasteiger partial charge in [0.1, 0.15) is 5.82 Å². The fourth-order valence-corrected chi connectivity index (χ4v) is 1.95. The Morgan fingerprint density at radius 1 is 1.29 bits per heavy atom. The second-order valence-electron chi connectivity index (χ2n) is 4.30. The molecule has 106 valence electrons. The van der Waals surface area contributed by atoms with Gasteiger partial charge in [0.25, 0.3) is 5.91 Å². The Labute approximate surface area is 119 Å². The number of pyridine rings is 1. The van der Waals surface area contributed by atoms with E-state index in [1.54, 1.807) is 25.1 Å². The van der Waals surface area contributed by atoms with Crippen molar-refractivity contribution in [2.45, 2.75) is 6.92 Å². The fraction of sp³-hybridized carbons (Fsp3) is 0.0769. The van der Waals surface area contributed by atoms with Crippen molar-refractivity contribution >= 4 is 28.6 Å². The number of hydrogen-bond donors (Lipinski definition) is 3. The molecule has 0 aliphatic rings. The van der Waals surface area contributed by atoms with Crippen LogP contribution in [0.3, 0.4) is 0 Å². The highest BCUT2D eigenvalue weighted by Crippen LogP contribution is 2.21. The van der Waals surface area contributed by atoms with Gasteiger partial charge in [-0.25, -0.2) is 10.8 Å². The van der Waals surface area contributed by atoms with Gasteiger partial charge >= 0.3 is 6.01 Å². The van der Waals surface area contributed by atoms with E-state index in [-0.39, 0.29) is 11.9 Å². The van der Waals surface area contributed by atoms with E-state index in [2.05, 4.69) is 25.9 Å². The molecular weight excluding hydrogens is 272 g/mol. The van der Waals surface area contributed by atoms with Crippen LogP contribution in [0.2, 0.25) is 0 Å². The number of nitrogens with one attached hydrogen (secondary N) is 2. The minimum Gasteiger partial charge on any atom is -0.408 e. The maximum atomic E-state index is 12.4. The van der Waals surface area contributed by atoms with Gasteiger partial charge in [0, 0.05) is 12.3 Å². The van der Waals surface area contributed by atoms with Gasteiger partial charge in [-0.2, -0.15) is 0 Å². The largest absolute Gasteiger partial charge is 0.408 e. The third-order valence-corrected chi connectivity index (χ3v) is 2.86. The molecule has 0 aliphatic heterocycles. The predicted octanol–water partition coefficient (Wildman–Crippen LogP) is 1.46. The molecule has 8 heteroatoms. The highest BCUT2D eigenvalue weighted by molar-refractivity contribution is 6.12. The third-order valence-electron chi connectivity index (χ3n) is 2.86. The lowest BCUT2D eigenvalue weighted by atomic mass is 10.1. The highest BCUT2D eigenvalue weighted by Gasteiger charge is 2.15. The first-order valence-corrected chi connectivity index (χ1v) is 6.15. The molecule has 1 amide bonds. The minimum atomic E-state index is -0.381. The number of amides is 1. The van der Waals surface area contributed by atoms with E-state index in [0.29, 0.717) is 28.2 Å². The number of hydrazine groups is 1. The number of carbonyl (C=O) groups is 1. The summed E-state index contributed by atoms with van der Waals surface area (Å²) in [5, 5.41) is 10.6. The summed E-state index contributed by atoms with van der Waals surface area (Å²) in [6.45, 7) is 1.64. The number of para-hydroxylation sites is 1. The van der Waals surface area contributed by atoms with Crippen LogP contribution in [0.4, 0.5) is 11.8 Å². The fourth-order valence-electron chi connectivity index (χ4n) is 1.95. The number of carbonyl (C=O) groups excluding carboxylic acids is 1. The number of fused-ring (bicyclic) bond motifs is 1. The van der Waals surface area contributed by atoms with Crippen LogP contribution < -0.4 is 16.6 Å². The maximum Gasteiger partial charge on any atom is 0.322 e. The summed E-state index contributed by atoms with van der Waals surface area (Å²) in [6.07, 6.45) is 0. The van der Waals surface area contributed by atoms with Crippen molar-refractivity contribution in [1.29, 1.82) is 0 Å². The van der Waals surface area contributed by atoms with Crippen LogP contribution in [0.15, 0.2) is 34.7 Å². The zero-order chi connectivity index (χ0) is 14.8. The van der Waals surface area contributed by atoms with Crippen molar-refractivity contribution in [1.82, 2.24) is 15.2 Å². The molecular formula is C13H12N6O2. The van der Waals surface area contributed by atoms with Crippen molar-refractivity contribution in [2.75, 3.05) is 10.7 Å². The van der Waals surface area contributed by atoms with Gasteiger partial charge < -0.3 is 9.84 Å². The predicted molar refractivity (Wildman–Crippen MR) is 76.5 cm³/mol. The molecule has 0 fully saturated rings. The number of nitrogens with zero attached hydrogens (tertiary/aromatic N) is 3. The van der Waals surface area contributed by atoms with Crippen LogP contribution in [-0.4, -0.2) is 21.1 Å². The molecule has 0 saturated carbocycles. The lowest BCUT2D eigenvalue weighted by Crippen LogP contribution is -2.15. The Morgan fingerprint density at radius 3 is 2.81 bits per heavy atom. The van der Waals surface area contributed by atoms with Gasteiger partial charge in [0.2, 0.25) is 5.89 Å². The van der Waals surface area contributed by atoms with Gasteiger partial charge in [-0.1, -0.05) is 23.3 Å². The number of nitrogen functional groups attached to an aromatic ring is 1. The van der Waals surface area contributed by atoms with Crippen LogP contribution in [0, 0.1) is 6.92 Å². The topological polar surface area (TPSA) is 119 Å². The van der Waals surface area contributed by atoms with Gasteiger partial charge in [0.05, 0.1) is 11.1 Å². The summed E-state index contributed by atoms with van der Waals surface area (Å²) in [5.74, 6) is 5.76. The van der Waals surface area contributed by atoms with Crippen LogP contribution in [-0.2, 0) is 0 Å². The molecule has 0 aliphatic carbocycles. The average molecular weight is 284 g/mol. The van der Waals surface area contributed by atoms with Gasteiger partial charge in [-0.15, -0.1) is 5.10 Å². The molecule has 3 aromatic rings. The molecule has 21 heavy (non-hydrogen) atoms. The Bertz CT molecular complexity index is 813. The van der Waals surface area contributed by atoms with E-state index in [1.165, 1.54) is 0 Å². The molecule has 0 unspecified atom stereocenters. The van der Waals surface area contributed by atoms with Crippen LogP contribution >= 0.6 is 0 Å². The van der Waals surface area contributed by atoms with Gasteiger partial charge in [-0.05, 0) is 12.1 Å². The Hall–Kier alpha value is -3.00. The number of aryl methyl sites for hydroxylation is 1. The molecule has 8 nitrogen and oxygen atoms in total. The van der Waals surface area contributed by atoms with Crippen LogP contribution in [0.25, 0.3) is 10.9 Å². The van der Waals surface area contributed by atoms with Gasteiger partial charge in [0.15, 0.2) is 0 Å². The highest BCUT2D eigenvalue weighted by atomic mass is 16.4. The Balaban J connectivity index is 2.03. The molecule has 0 atom stereocenters. The number of aromatic nitrogens is 3. The summed E-state index contributed by atoms with van der Waals surface area (Å²) in [6, 6.07) is 8.85. The monoisotopic (exact) mass is 284 g/mol. The van der Waals surface area contributed by atoms with Crippen molar-refractivity contribution in [3.63, 3.8) is 0 Å². The first kappa shape index (κ1) is 13.0. The molecule has 0 bridgehead atoms. The van der Waals surface area contributed by atoms with E-state index in [1.807, 2.05) is 12.1 Å². The van der Waals surface area contributed by atoms with Crippen LogP contribution in [0.5, 0.6) is 0 Å². The standard InChI is InChI=1S/C13H12N6O2/c1-7-18-19-13(21-7)16-12(20)9-6-11(17-14)15-10-5-3-2-4-8(9)10/h2-6H,14H2,1H3,(H,15,17)(H,16,19,20). The van der Waals surface area contributed by atoms with E-state index >= 15 is 0 Å². The molecule has 3 rings (SSSR count). The summed E-state index contributed by atoms with van der Waals surface area (Å²) in [4.78, 5) is 16.7. The van der Waals surface area contributed by atoms with Crippen molar-refractivity contribution < 1.29 is 9.21 Å². The molecule has 4 N–H and O–H groups in total. The summed E-state index contributed by atoms with van der Waals surface area (Å²) in [7, 11) is 0. The number of hydrogen-bond acceptors (Lipinski definition) is 7. The number of benzene rings is 1. The summed E-state index contributed by atoms with van der Waals surface area (Å²) >= 11 is 0. The van der Waals surface area contributed by atoms with Crippen LogP contribution in [0.1, 0.15) is 16.2 Å². The maximum absolute atomic E-state index is 12.4. The third kappa shape index (κ3) is 2.51. The van der Waals surface area contributed by atoms with Crippen molar-refractivity contribution in [2.24, 2.45) is 5.84 Å². The molecule has 2 heterocycles. The SMILES string of the molecule is Cc1nnc(NC(=O)c2cc(NN)nc3ccccc23)o1. The molecule has 0 saturated heterocycles. The molecule has 1 aromatic carbocycles. The van der Waals surface area contributed by atoms with E-state index < -0.39 is 0 Å². The Morgan fingerprint density at radius 2 is 2.10 bits per heavy atom. The second kappa shape index (κ2) is 5.17. The van der Waals surface area contributed by atoms with Gasteiger partial charge in [-0.3, -0.25) is 10.1 Å². The molecule has 2 aromatic heterocycles. The quantitative estimate of drug-likeness (QED) is 0.492. The van der Waals surface area contributed by atoms with E-state index in [0.717, 1.165) is 0 Å². The molecule has 0 spiro atoms. The average Bonchev–Trinajstić information content (AvgIpc) is 2.91. The summed E-state index contributed by atoms with van der Waals surface area (Å²) in [5.41, 5.74) is 3.50. The molecule has 0 radical (unpaired) electrons. The number of nitrogens with two attached hydrogens (primary N) is 1. The second-order valence-corrected chi connectivity index (χ2v) is 4.30. The smallest absolute Gasteiger partial charge is 0.322 e. The normalized spacial score (nSPS) is 10.6. The van der Waals surface area contributed by atoms with E-state index in [9.17, 15) is 4.79 Å². The number of anilines is 2. The zero-order valence-electron chi connectivity index (χ0n) is 11.1. The first-order chi connectivity index (χ1) is 10.2. The zero-order valence-corrected chi connectivity index (χ0v) is 11.1. The van der Waals surface area contributed by atoms with Crippen molar-refractivity contribution in [3.05, 3.63) is 41.8 Å². The lowest BCUT2D eigenvalue weighted by Gasteiger charge is -2.08. The van der Waals surface area contributed by atoms with Crippen molar-refractivity contribution in [3.8, 4) is 0 Å². The number of rotatable bonds is 3. The van der Waals surface area contributed by atoms with E-state index in [4.69, 9.17) is 10.3 Å². The summed E-state index contributed by atoms with van der Waals surface area (Å²) < 4.78 is 5.13.